The number of rotatable bonds is 5. The van der Waals surface area contributed by atoms with Crippen LogP contribution >= 0.6 is 27.5 Å². The molecule has 0 amide bonds. The molecule has 0 unspecified atom stereocenters. The van der Waals surface area contributed by atoms with Gasteiger partial charge in [0.15, 0.2) is 0 Å². The van der Waals surface area contributed by atoms with E-state index in [2.05, 4.69) is 20.7 Å². The molecular formula is C10H11BrClNO5S. The number of sulfonamides is 1. The van der Waals surface area contributed by atoms with Crippen molar-refractivity contribution in [1.82, 2.24) is 4.72 Å². The second kappa shape index (κ2) is 6.19. The third-order valence-corrected chi connectivity index (χ3v) is 5.00. The van der Waals surface area contributed by atoms with Crippen molar-refractivity contribution in [3.63, 3.8) is 0 Å². The van der Waals surface area contributed by atoms with Crippen molar-refractivity contribution in [1.29, 1.82) is 0 Å². The third kappa shape index (κ3) is 3.90. The highest BCUT2D eigenvalue weighted by Gasteiger charge is 2.22. The average molecular weight is 373 g/mol. The Morgan fingerprint density at radius 2 is 2.11 bits per heavy atom. The van der Waals surface area contributed by atoms with Crippen LogP contribution in [-0.2, 0) is 10.0 Å². The zero-order chi connectivity index (χ0) is 14.8. The van der Waals surface area contributed by atoms with Crippen LogP contribution in [-0.4, -0.2) is 37.2 Å². The minimum Gasteiger partial charge on any atom is -0.478 e. The predicted octanol–water partition coefficient (Wildman–Crippen LogP) is 1.46. The number of aliphatic hydroxyl groups excluding tert-OH is 1. The minimum absolute atomic E-state index is 0.0818. The lowest BCUT2D eigenvalue weighted by molar-refractivity contribution is 0.0696. The van der Waals surface area contributed by atoms with Crippen LogP contribution in [0.15, 0.2) is 21.5 Å². The smallest absolute Gasteiger partial charge is 0.337 e. The number of carboxylic acids is 1. The first-order valence-corrected chi connectivity index (χ1v) is 7.70. The van der Waals surface area contributed by atoms with Crippen LogP contribution in [0.5, 0.6) is 0 Å². The summed E-state index contributed by atoms with van der Waals surface area (Å²) in [5, 5.41) is 17.7. The quantitative estimate of drug-likeness (QED) is 0.726. The second-order valence-corrected chi connectivity index (χ2v) is 6.72. The number of carbonyl (C=O) groups is 1. The van der Waals surface area contributed by atoms with Gasteiger partial charge in [0.2, 0.25) is 10.0 Å². The van der Waals surface area contributed by atoms with E-state index in [1.165, 1.54) is 13.0 Å². The maximum atomic E-state index is 12.0. The van der Waals surface area contributed by atoms with Gasteiger partial charge in [-0.25, -0.2) is 17.9 Å². The summed E-state index contributed by atoms with van der Waals surface area (Å²) in [5.74, 6) is -1.34. The fraction of sp³-hybridized carbons (Fsp3) is 0.300. The minimum atomic E-state index is -3.93. The van der Waals surface area contributed by atoms with Crippen LogP contribution in [0.25, 0.3) is 0 Å². The van der Waals surface area contributed by atoms with E-state index in [0.717, 1.165) is 6.07 Å². The molecule has 3 N–H and O–H groups in total. The van der Waals surface area contributed by atoms with Crippen LogP contribution in [0.3, 0.4) is 0 Å². The first-order valence-electron chi connectivity index (χ1n) is 5.04. The molecular weight excluding hydrogens is 362 g/mol. The van der Waals surface area contributed by atoms with Gasteiger partial charge in [-0.2, -0.15) is 0 Å². The lowest BCUT2D eigenvalue weighted by atomic mass is 10.2. The van der Waals surface area contributed by atoms with Crippen LogP contribution in [0.2, 0.25) is 5.02 Å². The highest BCUT2D eigenvalue weighted by molar-refractivity contribution is 9.10. The maximum Gasteiger partial charge on any atom is 0.337 e. The van der Waals surface area contributed by atoms with E-state index >= 15 is 0 Å². The van der Waals surface area contributed by atoms with Crippen molar-refractivity contribution >= 4 is 43.5 Å². The number of halogens is 2. The van der Waals surface area contributed by atoms with Crippen molar-refractivity contribution in [2.75, 3.05) is 6.61 Å². The number of benzene rings is 1. The van der Waals surface area contributed by atoms with Crippen molar-refractivity contribution in [2.45, 2.75) is 17.9 Å². The van der Waals surface area contributed by atoms with Gasteiger partial charge in [0.1, 0.15) is 0 Å². The number of hydrogen-bond donors (Lipinski definition) is 3. The third-order valence-electron chi connectivity index (χ3n) is 2.17. The van der Waals surface area contributed by atoms with E-state index in [4.69, 9.17) is 21.8 Å². The van der Waals surface area contributed by atoms with Crippen LogP contribution < -0.4 is 4.72 Å². The monoisotopic (exact) mass is 371 g/mol. The van der Waals surface area contributed by atoms with Gasteiger partial charge in [0, 0.05) is 10.5 Å². The first kappa shape index (κ1) is 16.4. The molecule has 1 aromatic carbocycles. The van der Waals surface area contributed by atoms with E-state index in [1.54, 1.807) is 0 Å². The number of aliphatic hydroxyl groups is 1. The molecule has 0 heterocycles. The molecule has 19 heavy (non-hydrogen) atoms. The van der Waals surface area contributed by atoms with E-state index in [0.29, 0.717) is 0 Å². The number of carboxylic acid groups (broad SMARTS) is 1. The first-order chi connectivity index (χ1) is 8.69. The standard InChI is InChI=1S/C10H11BrClNO5S/c1-5(4-14)13-19(17,18)6-2-7(10(15)16)9(12)8(11)3-6/h2-3,5,13-14H,4H2,1H3,(H,15,16)/t5-/m1/s1. The maximum absolute atomic E-state index is 12.0. The van der Waals surface area contributed by atoms with E-state index in [-0.39, 0.29) is 26.6 Å². The molecule has 0 aliphatic heterocycles. The van der Waals surface area contributed by atoms with Gasteiger partial charge in [0.25, 0.3) is 0 Å². The van der Waals surface area contributed by atoms with Crippen LogP contribution in [0.4, 0.5) is 0 Å². The Morgan fingerprint density at radius 1 is 1.53 bits per heavy atom. The highest BCUT2D eigenvalue weighted by Crippen LogP contribution is 2.29. The molecule has 0 radical (unpaired) electrons. The van der Waals surface area contributed by atoms with Crippen molar-refractivity contribution in [3.05, 3.63) is 27.2 Å². The molecule has 0 bridgehead atoms. The molecule has 1 aromatic rings. The molecule has 0 spiro atoms. The average Bonchev–Trinajstić information content (AvgIpc) is 2.31. The number of nitrogens with one attached hydrogen (secondary N) is 1. The molecule has 0 fully saturated rings. The Balaban J connectivity index is 3.32. The van der Waals surface area contributed by atoms with Gasteiger partial charge in [0.05, 0.1) is 22.1 Å². The molecule has 0 aromatic heterocycles. The van der Waals surface area contributed by atoms with Crippen molar-refractivity contribution in [2.24, 2.45) is 0 Å². The molecule has 0 saturated carbocycles. The van der Waals surface area contributed by atoms with Gasteiger partial charge >= 0.3 is 5.97 Å². The highest BCUT2D eigenvalue weighted by atomic mass is 79.9. The summed E-state index contributed by atoms with van der Waals surface area (Å²) in [6.45, 7) is 1.10. The summed E-state index contributed by atoms with van der Waals surface area (Å²) < 4.78 is 26.3. The Hall–Kier alpha value is -0.670. The molecule has 0 saturated heterocycles. The van der Waals surface area contributed by atoms with Crippen molar-refractivity contribution < 1.29 is 23.4 Å². The predicted molar refractivity (Wildman–Crippen MR) is 73.0 cm³/mol. The Kier molecular flexibility index (Phi) is 5.34. The Bertz CT molecular complexity index is 604. The normalized spacial score (nSPS) is 13.3. The largest absolute Gasteiger partial charge is 0.478 e. The van der Waals surface area contributed by atoms with Crippen LogP contribution in [0.1, 0.15) is 17.3 Å². The SMILES string of the molecule is C[C@H](CO)NS(=O)(=O)c1cc(Br)c(Cl)c(C(=O)O)c1. The summed E-state index contributed by atoms with van der Waals surface area (Å²) in [7, 11) is -3.93. The number of aromatic carboxylic acids is 1. The zero-order valence-corrected chi connectivity index (χ0v) is 12.9. The van der Waals surface area contributed by atoms with Gasteiger partial charge in [-0.3, -0.25) is 0 Å². The Labute approximate surface area is 123 Å². The molecule has 9 heteroatoms. The lowest BCUT2D eigenvalue weighted by Crippen LogP contribution is -2.35. The van der Waals surface area contributed by atoms with Gasteiger partial charge in [-0.1, -0.05) is 11.6 Å². The fourth-order valence-electron chi connectivity index (χ4n) is 1.25. The van der Waals surface area contributed by atoms with E-state index < -0.39 is 22.0 Å². The molecule has 6 nitrogen and oxygen atoms in total. The summed E-state index contributed by atoms with van der Waals surface area (Å²) in [5.41, 5.74) is -0.326. The van der Waals surface area contributed by atoms with Gasteiger partial charge in [-0.05, 0) is 35.0 Å². The zero-order valence-electron chi connectivity index (χ0n) is 9.72. The summed E-state index contributed by atoms with van der Waals surface area (Å²) in [4.78, 5) is 10.7. The second-order valence-electron chi connectivity index (χ2n) is 3.78. The molecule has 106 valence electrons. The van der Waals surface area contributed by atoms with Gasteiger partial charge < -0.3 is 10.2 Å². The summed E-state index contributed by atoms with van der Waals surface area (Å²) in [6, 6.07) is 1.47. The topological polar surface area (TPSA) is 104 Å². The Morgan fingerprint density at radius 3 is 2.58 bits per heavy atom. The van der Waals surface area contributed by atoms with Crippen LogP contribution in [0, 0.1) is 0 Å². The van der Waals surface area contributed by atoms with Gasteiger partial charge in [-0.15, -0.1) is 0 Å². The van der Waals surface area contributed by atoms with Crippen molar-refractivity contribution in [3.8, 4) is 0 Å². The van der Waals surface area contributed by atoms with E-state index in [1.807, 2.05) is 0 Å². The summed E-state index contributed by atoms with van der Waals surface area (Å²) >= 11 is 8.76. The molecule has 0 aliphatic carbocycles. The molecule has 1 rings (SSSR count). The molecule has 1 atom stereocenters. The fourth-order valence-corrected chi connectivity index (χ4v) is 3.33. The summed E-state index contributed by atoms with van der Waals surface area (Å²) in [6.07, 6.45) is 0. The molecule has 0 aliphatic rings. The number of hydrogen-bond acceptors (Lipinski definition) is 4. The van der Waals surface area contributed by atoms with E-state index in [9.17, 15) is 13.2 Å². The lowest BCUT2D eigenvalue weighted by Gasteiger charge is -2.13.